The molecule has 4 saturated heterocycles. The Hall–Kier alpha value is -8.99. The van der Waals surface area contributed by atoms with Crippen molar-refractivity contribution in [2.75, 3.05) is 67.5 Å². The molecule has 2 spiro atoms. The maximum Gasteiger partial charge on any atom is 0.417 e. The van der Waals surface area contributed by atoms with E-state index in [1.165, 1.54) is 38.2 Å². The Balaban J connectivity index is 0.568. The second-order valence-electron chi connectivity index (χ2n) is 26.7. The molecule has 1 N–H and O–H groups in total. The molecule has 8 aliphatic heterocycles. The van der Waals surface area contributed by atoms with E-state index in [0.29, 0.717) is 86.1 Å². The molecule has 2 atom stereocenters. The molecule has 23 heteroatoms. The van der Waals surface area contributed by atoms with Crippen molar-refractivity contribution in [2.45, 2.75) is 116 Å². The molecule has 90 heavy (non-hydrogen) atoms. The van der Waals surface area contributed by atoms with Crippen LogP contribution in [0.1, 0.15) is 126 Å². The Morgan fingerprint density at radius 2 is 1.07 bits per heavy atom. The van der Waals surface area contributed by atoms with E-state index in [4.69, 9.17) is 9.47 Å². The zero-order chi connectivity index (χ0) is 62.0. The van der Waals surface area contributed by atoms with Gasteiger partial charge in [-0.2, -0.15) is 0 Å². The van der Waals surface area contributed by atoms with Gasteiger partial charge in [0.2, 0.25) is 0 Å². The van der Waals surface area contributed by atoms with Gasteiger partial charge in [0.25, 0.3) is 17.7 Å². The van der Waals surface area contributed by atoms with Crippen LogP contribution in [-0.2, 0) is 58.1 Å². The summed E-state index contributed by atoms with van der Waals surface area (Å²) in [4.78, 5) is 108. The molecule has 8 aliphatic rings. The number of amides is 5. The van der Waals surface area contributed by atoms with E-state index in [-0.39, 0.29) is 52.3 Å². The number of nitrogens with one attached hydrogen (secondary N) is 1. The first kappa shape index (κ1) is 57.4. The first-order chi connectivity index (χ1) is 43.4. The van der Waals surface area contributed by atoms with Crippen LogP contribution in [-0.4, -0.2) is 138 Å². The van der Waals surface area contributed by atoms with Crippen molar-refractivity contribution in [3.05, 3.63) is 154 Å². The van der Waals surface area contributed by atoms with Crippen molar-refractivity contribution < 1.29 is 47.0 Å². The minimum absolute atomic E-state index is 0.0818. The maximum atomic E-state index is 16.3. The van der Waals surface area contributed by atoms with Crippen LogP contribution in [0.4, 0.5) is 34.9 Å². The van der Waals surface area contributed by atoms with E-state index >= 15 is 8.78 Å². The van der Waals surface area contributed by atoms with Crippen LogP contribution >= 0.6 is 11.3 Å². The fraction of sp³-hybridized carbons (Fsp3) is 0.418. The number of hydrogen-bond donors (Lipinski definition) is 1. The molecule has 0 aliphatic carbocycles. The second-order valence-corrected chi connectivity index (χ2v) is 27.6. The van der Waals surface area contributed by atoms with Gasteiger partial charge in [-0.25, -0.2) is 38.1 Å². The summed E-state index contributed by atoms with van der Waals surface area (Å²) in [7, 11) is 0. The number of imidazole rings is 2. The van der Waals surface area contributed by atoms with E-state index in [1.54, 1.807) is 41.3 Å². The maximum absolute atomic E-state index is 16.3. The number of benzene rings is 4. The number of nitrogens with zero attached hydrogens (tertiary/aromatic N) is 11. The van der Waals surface area contributed by atoms with Gasteiger partial charge in [0.15, 0.2) is 17.2 Å². The summed E-state index contributed by atoms with van der Waals surface area (Å²) in [5.74, 6) is -3.53. The third-order valence-corrected chi connectivity index (χ3v) is 20.6. The third kappa shape index (κ3) is 10.2. The molecule has 2 unspecified atom stereocenters. The van der Waals surface area contributed by atoms with Crippen LogP contribution < -0.4 is 15.1 Å². The lowest BCUT2D eigenvalue weighted by Crippen LogP contribution is -2.61. The van der Waals surface area contributed by atoms with Gasteiger partial charge in [0.1, 0.15) is 17.2 Å². The second kappa shape index (κ2) is 21.9. The Morgan fingerprint density at radius 1 is 0.600 bits per heavy atom. The molecule has 20 nitrogen and oxygen atoms in total. The van der Waals surface area contributed by atoms with Crippen LogP contribution in [0.5, 0.6) is 0 Å². The summed E-state index contributed by atoms with van der Waals surface area (Å²) < 4.78 is 47.7. The number of anilines is 3. The van der Waals surface area contributed by atoms with Crippen LogP contribution in [0.25, 0.3) is 22.3 Å². The van der Waals surface area contributed by atoms with Gasteiger partial charge in [-0.3, -0.25) is 19.7 Å². The van der Waals surface area contributed by atoms with Crippen molar-refractivity contribution in [3.8, 4) is 22.3 Å². The number of likely N-dealkylation sites (tertiary alicyclic amines) is 2. The summed E-state index contributed by atoms with van der Waals surface area (Å²) in [5, 5.41) is 4.98. The smallest absolute Gasteiger partial charge is 0.417 e. The molecule has 0 saturated carbocycles. The predicted molar refractivity (Wildman–Crippen MR) is 329 cm³/mol. The quantitative estimate of drug-likeness (QED) is 0.0948. The Bertz CT molecular complexity index is 4050. The van der Waals surface area contributed by atoms with Gasteiger partial charge in [-0.1, -0.05) is 24.3 Å². The van der Waals surface area contributed by atoms with Crippen LogP contribution in [0, 0.1) is 22.5 Å². The summed E-state index contributed by atoms with van der Waals surface area (Å²) in [6.45, 7) is 12.0. The fourth-order valence-corrected chi connectivity index (χ4v) is 15.5. The molecule has 3 aromatic heterocycles. The fourth-order valence-electron chi connectivity index (χ4n) is 15.0. The molecule has 15 rings (SSSR count). The summed E-state index contributed by atoms with van der Waals surface area (Å²) in [5.41, 5.74) is 7.20. The molecule has 4 aromatic carbocycles. The normalized spacial score (nSPS) is 19.3. The highest BCUT2D eigenvalue weighted by atomic mass is 32.1. The molecule has 11 heterocycles. The van der Waals surface area contributed by atoms with Gasteiger partial charge in [0, 0.05) is 133 Å². The van der Waals surface area contributed by atoms with Gasteiger partial charge < -0.3 is 48.0 Å². The molecule has 0 radical (unpaired) electrons. The van der Waals surface area contributed by atoms with Gasteiger partial charge in [0.05, 0.1) is 37.1 Å². The van der Waals surface area contributed by atoms with Crippen molar-refractivity contribution in [2.24, 2.45) is 10.8 Å². The molecule has 7 aromatic rings. The number of hydrogen-bond acceptors (Lipinski definition) is 14. The van der Waals surface area contributed by atoms with E-state index in [2.05, 4.69) is 30.1 Å². The average Bonchev–Trinajstić information content (AvgIpc) is 1.48. The number of halogens is 2. The molecule has 464 valence electrons. The molecule has 5 amide bonds. The highest BCUT2D eigenvalue weighted by Gasteiger charge is 2.50. The van der Waals surface area contributed by atoms with Crippen LogP contribution in [0.15, 0.2) is 97.0 Å². The van der Waals surface area contributed by atoms with Crippen molar-refractivity contribution >= 4 is 63.7 Å². The van der Waals surface area contributed by atoms with E-state index < -0.39 is 59.1 Å². The average molecular weight is 1240 g/mol. The number of carbonyl (C=O) groups is 6. The predicted octanol–water partition coefficient (Wildman–Crippen LogP) is 10.2. The lowest BCUT2D eigenvalue weighted by Gasteiger charge is -2.55. The van der Waals surface area contributed by atoms with Crippen LogP contribution in [0.3, 0.4) is 0 Å². The summed E-state index contributed by atoms with van der Waals surface area (Å²) in [6, 6.07) is 19.4. The minimum Gasteiger partial charge on any atom is -0.444 e. The summed E-state index contributed by atoms with van der Waals surface area (Å²) in [6.07, 6.45) is 10.0. The van der Waals surface area contributed by atoms with Gasteiger partial charge >= 0.3 is 18.2 Å². The minimum atomic E-state index is -1.40. The monoisotopic (exact) mass is 1240 g/mol. The lowest BCUT2D eigenvalue weighted by atomic mass is 9.72. The zero-order valence-corrected chi connectivity index (χ0v) is 51.2. The van der Waals surface area contributed by atoms with Gasteiger partial charge in [-0.15, -0.1) is 11.3 Å². The number of ether oxygens (including phenoxy) is 2. The topological polar surface area (TPSA) is 201 Å². The highest BCUT2D eigenvalue weighted by molar-refractivity contribution is 7.13. The van der Waals surface area contributed by atoms with E-state index in [0.717, 1.165) is 92.3 Å². The number of fused-ring (bicyclic) bond motifs is 4. The third-order valence-electron chi connectivity index (χ3n) is 19.9. The number of aromatic nitrogens is 5. The number of esters is 1. The molecule has 0 bridgehead atoms. The van der Waals surface area contributed by atoms with Crippen LogP contribution in [0.2, 0.25) is 0 Å². The Labute approximate surface area is 522 Å². The number of piperidine rings is 2. The molecular weight excluding hydrogens is 1170 g/mol. The van der Waals surface area contributed by atoms with Gasteiger partial charge in [-0.05, 0) is 143 Å². The zero-order valence-electron chi connectivity index (χ0n) is 50.4. The van der Waals surface area contributed by atoms with Crippen molar-refractivity contribution in [3.63, 3.8) is 0 Å². The Kier molecular flexibility index (Phi) is 14.0. The summed E-state index contributed by atoms with van der Waals surface area (Å²) >= 11 is 1.26. The Morgan fingerprint density at radius 3 is 1.53 bits per heavy atom. The number of aryl methyl sites for hydroxylation is 2. The largest absolute Gasteiger partial charge is 0.444 e. The van der Waals surface area contributed by atoms with E-state index in [9.17, 15) is 28.8 Å². The van der Waals surface area contributed by atoms with Crippen molar-refractivity contribution in [1.82, 2.24) is 43.7 Å². The lowest BCUT2D eigenvalue weighted by molar-refractivity contribution is -0.144. The first-order valence-corrected chi connectivity index (χ1v) is 32.0. The molecule has 4 fully saturated rings. The standard InChI is InChI=1S/C67H68F2N12O8S/c1-65(2,3)89-64(87)75-25-18-67(19-26-75)36-79(37-67)45-14-10-41(11-15-45)43-29-47-49(51(69)31-43)33-81(60(47)84)57(55-53-7-5-22-77(53)39-72-55)61(85)88-63(86)74-23-16-66(17-24-74)34-78(35-66)44-12-8-40(9-13-44)42-28-46-48(50(68)30-42)32-80(59(46)83)56(58(82)73-62-70-20-27-90-62)54-52-6-4-21-76(52)38-71-54/h8-15,20,27-31,38-39,56-57H,4-7,16-19,21-26,32-37H2,1-3H3,(H,70,73,82). The number of carbonyl (C=O) groups excluding carboxylic acids is 6. The SMILES string of the molecule is CC(C)(C)OC(=O)N1CCC2(CC1)CN(c1ccc(-c3cc(F)c4c(c3)C(=O)N(C(C(=O)OC(=O)N3CCC5(CC3)CN(c3ccc(-c6cc(F)c7c(c6)C(=O)N(C(C(=O)Nc6nccs6)c6ncn8c6CCC8)C7)cc3)C5)c3ncn5c3CCC5)C4)cc1)C2. The first-order valence-electron chi connectivity index (χ1n) is 31.1. The molecular formula is C67H68F2N12O8S. The van der Waals surface area contributed by atoms with E-state index in [1.807, 2.05) is 78.4 Å². The number of rotatable bonds is 11. The number of thiazole rings is 1. The van der Waals surface area contributed by atoms with Crippen molar-refractivity contribution in [1.29, 1.82) is 0 Å². The highest BCUT2D eigenvalue weighted by Crippen LogP contribution is 2.47.